The summed E-state index contributed by atoms with van der Waals surface area (Å²) >= 11 is 0. The first kappa shape index (κ1) is 45.5. The van der Waals surface area contributed by atoms with Gasteiger partial charge >= 0.3 is 0 Å². The molecule has 0 radical (unpaired) electrons. The molecule has 4 nitrogen and oxygen atoms in total. The molecule has 0 unspecified atom stereocenters. The fourth-order valence-corrected chi connectivity index (χ4v) is 6.73. The number of nitrogens with zero attached hydrogens (tertiary/aromatic N) is 2. The average Bonchev–Trinajstić information content (AvgIpc) is 3.17. The average molecular weight is 717 g/mol. The van der Waals surface area contributed by atoms with Crippen LogP contribution in [0.2, 0.25) is 0 Å². The van der Waals surface area contributed by atoms with Crippen molar-refractivity contribution >= 4 is 12.4 Å². The van der Waals surface area contributed by atoms with Crippen LogP contribution >= 0.6 is 0 Å². The van der Waals surface area contributed by atoms with E-state index in [1.54, 1.807) is 0 Å². The highest BCUT2D eigenvalue weighted by atomic mass is 16.5. The molecular weight excluding hydrogens is 637 g/mol. The molecule has 0 heterocycles. The monoisotopic (exact) mass is 717 g/mol. The number of hydrogen-bond acceptors (Lipinski definition) is 4. The molecule has 0 bridgehead atoms. The lowest BCUT2D eigenvalue weighted by atomic mass is 10.0. The summed E-state index contributed by atoms with van der Waals surface area (Å²) in [6.07, 6.45) is 42.5. The first-order valence-corrected chi connectivity index (χ1v) is 22.3. The standard InChI is InChI=1S/C48H80N2O2/c1-3-5-7-9-11-13-15-17-19-21-23-25-27-29-41-51-47-35-31-45(32-36-47)43-49-39-40-50-44-46-33-37-48(38-34-46)52-42-30-28-26-24-22-20-18-16-14-12-10-8-6-4-2/h31-38,43-44H,3-30,39-42H2,1-2H3. The predicted molar refractivity (Wildman–Crippen MR) is 229 cm³/mol. The van der Waals surface area contributed by atoms with E-state index in [1.165, 1.54) is 167 Å². The van der Waals surface area contributed by atoms with Gasteiger partial charge in [0.1, 0.15) is 11.5 Å². The lowest BCUT2D eigenvalue weighted by Crippen LogP contribution is -1.97. The van der Waals surface area contributed by atoms with E-state index in [2.05, 4.69) is 72.4 Å². The van der Waals surface area contributed by atoms with Gasteiger partial charge in [0.15, 0.2) is 0 Å². The Bertz CT molecular complexity index is 991. The van der Waals surface area contributed by atoms with Gasteiger partial charge in [-0.25, -0.2) is 0 Å². The molecule has 294 valence electrons. The maximum atomic E-state index is 5.96. The van der Waals surface area contributed by atoms with Gasteiger partial charge in [0, 0.05) is 12.4 Å². The maximum Gasteiger partial charge on any atom is 0.119 e. The maximum absolute atomic E-state index is 5.96. The molecule has 0 spiro atoms. The summed E-state index contributed by atoms with van der Waals surface area (Å²) in [7, 11) is 0. The van der Waals surface area contributed by atoms with E-state index in [0.717, 1.165) is 48.7 Å². The summed E-state index contributed by atoms with van der Waals surface area (Å²) in [6.45, 7) is 7.54. The highest BCUT2D eigenvalue weighted by molar-refractivity contribution is 5.80. The summed E-state index contributed by atoms with van der Waals surface area (Å²) in [5.74, 6) is 1.89. The highest BCUT2D eigenvalue weighted by Crippen LogP contribution is 2.17. The van der Waals surface area contributed by atoms with Gasteiger partial charge in [0.2, 0.25) is 0 Å². The molecule has 0 atom stereocenters. The molecule has 52 heavy (non-hydrogen) atoms. The van der Waals surface area contributed by atoms with Gasteiger partial charge in [-0.3, -0.25) is 9.98 Å². The van der Waals surface area contributed by atoms with Gasteiger partial charge in [0.05, 0.1) is 26.3 Å². The van der Waals surface area contributed by atoms with Crippen molar-refractivity contribution in [3.05, 3.63) is 59.7 Å². The van der Waals surface area contributed by atoms with Crippen LogP contribution in [0.1, 0.15) is 205 Å². The second-order valence-corrected chi connectivity index (χ2v) is 15.1. The molecule has 0 aromatic heterocycles. The van der Waals surface area contributed by atoms with Crippen molar-refractivity contribution in [2.45, 2.75) is 194 Å². The molecule has 0 aliphatic rings. The minimum absolute atomic E-state index is 0.675. The van der Waals surface area contributed by atoms with Crippen LogP contribution in [0.25, 0.3) is 0 Å². The largest absolute Gasteiger partial charge is 0.494 e. The zero-order valence-corrected chi connectivity index (χ0v) is 34.1. The molecule has 2 aromatic carbocycles. The van der Waals surface area contributed by atoms with E-state index >= 15 is 0 Å². The second kappa shape index (κ2) is 35.4. The summed E-state index contributed by atoms with van der Waals surface area (Å²) < 4.78 is 11.9. The summed E-state index contributed by atoms with van der Waals surface area (Å²) in [6, 6.07) is 16.5. The van der Waals surface area contributed by atoms with Gasteiger partial charge in [-0.15, -0.1) is 0 Å². The van der Waals surface area contributed by atoms with E-state index in [4.69, 9.17) is 9.47 Å². The molecule has 0 fully saturated rings. The van der Waals surface area contributed by atoms with Crippen molar-refractivity contribution in [2.24, 2.45) is 9.98 Å². The molecular formula is C48H80N2O2. The van der Waals surface area contributed by atoms with Gasteiger partial charge in [0.25, 0.3) is 0 Å². The third-order valence-corrected chi connectivity index (χ3v) is 10.1. The Morgan fingerprint density at radius 2 is 0.596 bits per heavy atom. The highest BCUT2D eigenvalue weighted by Gasteiger charge is 1.99. The first-order valence-electron chi connectivity index (χ1n) is 22.3. The minimum Gasteiger partial charge on any atom is -0.494 e. The van der Waals surface area contributed by atoms with Crippen LogP contribution in [0, 0.1) is 0 Å². The second-order valence-electron chi connectivity index (χ2n) is 15.1. The fourth-order valence-electron chi connectivity index (χ4n) is 6.73. The quantitative estimate of drug-likeness (QED) is 0.0516. The van der Waals surface area contributed by atoms with Crippen molar-refractivity contribution in [2.75, 3.05) is 26.3 Å². The topological polar surface area (TPSA) is 43.2 Å². The van der Waals surface area contributed by atoms with Gasteiger partial charge < -0.3 is 9.47 Å². The van der Waals surface area contributed by atoms with E-state index in [1.807, 2.05) is 12.4 Å². The van der Waals surface area contributed by atoms with Gasteiger partial charge in [-0.2, -0.15) is 0 Å². The number of ether oxygens (including phenoxy) is 2. The van der Waals surface area contributed by atoms with E-state index in [9.17, 15) is 0 Å². The lowest BCUT2D eigenvalue weighted by Gasteiger charge is -2.07. The summed E-state index contributed by atoms with van der Waals surface area (Å²) in [5, 5.41) is 0. The van der Waals surface area contributed by atoms with E-state index < -0.39 is 0 Å². The SMILES string of the molecule is CCCCCCCCCCCCCCCCOc1ccc(C=NCCN=Cc2ccc(OCCCCCCCCCCCCCCCC)cc2)cc1. The Morgan fingerprint density at radius 3 is 0.865 bits per heavy atom. The Hall–Kier alpha value is -2.62. The van der Waals surface area contributed by atoms with E-state index in [-0.39, 0.29) is 0 Å². The van der Waals surface area contributed by atoms with E-state index in [0.29, 0.717) is 13.1 Å². The number of benzene rings is 2. The Kier molecular flexibility index (Phi) is 31.0. The summed E-state index contributed by atoms with van der Waals surface area (Å²) in [5.41, 5.74) is 2.19. The lowest BCUT2D eigenvalue weighted by molar-refractivity contribution is 0.304. The Balaban J connectivity index is 1.39. The van der Waals surface area contributed by atoms with Crippen molar-refractivity contribution in [3.8, 4) is 11.5 Å². The zero-order chi connectivity index (χ0) is 36.8. The van der Waals surface area contributed by atoms with Crippen molar-refractivity contribution < 1.29 is 9.47 Å². The summed E-state index contributed by atoms with van der Waals surface area (Å²) in [4.78, 5) is 9.11. The Labute approximate surface area is 322 Å². The number of hydrogen-bond donors (Lipinski definition) is 0. The van der Waals surface area contributed by atoms with Gasteiger partial charge in [-0.05, 0) is 72.5 Å². The molecule has 2 rings (SSSR count). The van der Waals surface area contributed by atoms with Crippen molar-refractivity contribution in [1.82, 2.24) is 0 Å². The molecule has 2 aromatic rings. The van der Waals surface area contributed by atoms with Crippen LogP contribution in [0.4, 0.5) is 0 Å². The van der Waals surface area contributed by atoms with Crippen LogP contribution in [0.5, 0.6) is 11.5 Å². The third kappa shape index (κ3) is 28.0. The number of unbranched alkanes of at least 4 members (excludes halogenated alkanes) is 26. The normalized spacial score (nSPS) is 11.7. The molecule has 0 amide bonds. The molecule has 0 N–H and O–H groups in total. The molecule has 4 heteroatoms. The van der Waals surface area contributed by atoms with Crippen molar-refractivity contribution in [3.63, 3.8) is 0 Å². The fraction of sp³-hybridized carbons (Fsp3) is 0.708. The molecule has 0 saturated carbocycles. The van der Waals surface area contributed by atoms with Crippen molar-refractivity contribution in [1.29, 1.82) is 0 Å². The van der Waals surface area contributed by atoms with Crippen LogP contribution in [0.3, 0.4) is 0 Å². The smallest absolute Gasteiger partial charge is 0.119 e. The molecule has 0 aliphatic carbocycles. The number of rotatable bonds is 37. The molecule has 0 saturated heterocycles. The van der Waals surface area contributed by atoms with Crippen LogP contribution in [0.15, 0.2) is 58.5 Å². The third-order valence-electron chi connectivity index (χ3n) is 10.1. The minimum atomic E-state index is 0.675. The predicted octanol–water partition coefficient (Wildman–Crippen LogP) is 14.9. The zero-order valence-electron chi connectivity index (χ0n) is 34.1. The van der Waals surface area contributed by atoms with Crippen LogP contribution < -0.4 is 9.47 Å². The first-order chi connectivity index (χ1) is 25.8. The Morgan fingerprint density at radius 1 is 0.346 bits per heavy atom. The van der Waals surface area contributed by atoms with Crippen LogP contribution in [-0.2, 0) is 0 Å². The van der Waals surface area contributed by atoms with Crippen LogP contribution in [-0.4, -0.2) is 38.7 Å². The number of aliphatic imine (C=N–C) groups is 2. The molecule has 0 aliphatic heterocycles. The van der Waals surface area contributed by atoms with Gasteiger partial charge in [-0.1, -0.05) is 181 Å².